The summed E-state index contributed by atoms with van der Waals surface area (Å²) < 4.78 is 26.4. The Labute approximate surface area is 171 Å². The summed E-state index contributed by atoms with van der Waals surface area (Å²) in [5, 5.41) is 5.20. The number of hydrogen-bond donors (Lipinski definition) is 3. The number of likely N-dealkylation sites (tertiary alicyclic amines) is 1. The minimum atomic E-state index is -3.94. The Morgan fingerprint density at radius 1 is 1.07 bits per heavy atom. The van der Waals surface area contributed by atoms with Crippen molar-refractivity contribution in [3.8, 4) is 0 Å². The molecule has 0 radical (unpaired) electrons. The first-order valence-corrected chi connectivity index (χ1v) is 11.3. The average molecular weight is 425 g/mol. The molecule has 1 saturated heterocycles. The van der Waals surface area contributed by atoms with Gasteiger partial charge in [-0.25, -0.2) is 22.7 Å². The van der Waals surface area contributed by atoms with Crippen LogP contribution in [0.5, 0.6) is 0 Å². The van der Waals surface area contributed by atoms with Gasteiger partial charge < -0.3 is 10.6 Å². The molecule has 5 amide bonds. The molecule has 3 N–H and O–H groups in total. The number of imide groups is 1. The second-order valence-electron chi connectivity index (χ2n) is 6.84. The van der Waals surface area contributed by atoms with Crippen LogP contribution in [0.3, 0.4) is 0 Å². The second kappa shape index (κ2) is 10.8. The van der Waals surface area contributed by atoms with Crippen molar-refractivity contribution in [2.24, 2.45) is 0 Å². The Kier molecular flexibility index (Phi) is 8.44. The summed E-state index contributed by atoms with van der Waals surface area (Å²) >= 11 is 0. The van der Waals surface area contributed by atoms with E-state index >= 15 is 0 Å². The van der Waals surface area contributed by atoms with E-state index in [0.717, 1.165) is 31.2 Å². The third-order valence-electron chi connectivity index (χ3n) is 4.54. The van der Waals surface area contributed by atoms with E-state index in [2.05, 4.69) is 10.6 Å². The maximum Gasteiger partial charge on any atom is 0.328 e. The topological polar surface area (TPSA) is 125 Å². The van der Waals surface area contributed by atoms with Gasteiger partial charge in [-0.3, -0.25) is 9.69 Å². The fraction of sp³-hybridized carbons (Fsp3) is 0.526. The van der Waals surface area contributed by atoms with Crippen molar-refractivity contribution < 1.29 is 22.8 Å². The first kappa shape index (κ1) is 22.7. The minimum Gasteiger partial charge on any atom is -0.337 e. The molecule has 0 unspecified atom stereocenters. The Morgan fingerprint density at radius 3 is 2.45 bits per heavy atom. The van der Waals surface area contributed by atoms with Crippen LogP contribution in [0.2, 0.25) is 0 Å². The van der Waals surface area contributed by atoms with Crippen LogP contribution in [0, 0.1) is 0 Å². The monoisotopic (exact) mass is 424 g/mol. The van der Waals surface area contributed by atoms with E-state index in [9.17, 15) is 22.8 Å². The standard InChI is InChI=1S/C19H28N4O5S/c1-2-3-12-20-18(25)22-29(27,28)16-9-7-15(8-10-16)11-13-21-19(26)23-14-5-4-6-17(23)24/h7-10H,2-6,11-14H2,1H3,(H,21,26)(H2,20,22,25). The van der Waals surface area contributed by atoms with Crippen LogP contribution in [-0.2, 0) is 21.2 Å². The molecular formula is C19H28N4O5S. The number of benzene rings is 1. The highest BCUT2D eigenvalue weighted by atomic mass is 32.2. The van der Waals surface area contributed by atoms with Gasteiger partial charge >= 0.3 is 12.1 Å². The minimum absolute atomic E-state index is 0.0187. The van der Waals surface area contributed by atoms with Crippen molar-refractivity contribution in [1.29, 1.82) is 0 Å². The highest BCUT2D eigenvalue weighted by Crippen LogP contribution is 2.12. The van der Waals surface area contributed by atoms with Crippen LogP contribution < -0.4 is 15.4 Å². The molecule has 1 aromatic carbocycles. The number of carbonyl (C=O) groups excluding carboxylic acids is 3. The van der Waals surface area contributed by atoms with Crippen LogP contribution in [0.15, 0.2) is 29.2 Å². The Balaban J connectivity index is 1.82. The van der Waals surface area contributed by atoms with Crippen LogP contribution >= 0.6 is 0 Å². The van der Waals surface area contributed by atoms with Gasteiger partial charge in [0.15, 0.2) is 0 Å². The van der Waals surface area contributed by atoms with E-state index in [1.54, 1.807) is 12.1 Å². The van der Waals surface area contributed by atoms with Gasteiger partial charge in [-0.15, -0.1) is 0 Å². The van der Waals surface area contributed by atoms with Gasteiger partial charge in [0.1, 0.15) is 0 Å². The molecule has 2 rings (SSSR count). The molecule has 0 spiro atoms. The molecule has 1 aromatic rings. The SMILES string of the molecule is CCCCNC(=O)NS(=O)(=O)c1ccc(CCNC(=O)N2CCCCC2=O)cc1. The third kappa shape index (κ3) is 7.04. The van der Waals surface area contributed by atoms with Crippen molar-refractivity contribution in [2.75, 3.05) is 19.6 Å². The van der Waals surface area contributed by atoms with Gasteiger partial charge in [-0.1, -0.05) is 25.5 Å². The molecule has 0 saturated carbocycles. The maximum atomic E-state index is 12.2. The molecule has 160 valence electrons. The molecule has 1 fully saturated rings. The molecule has 0 aliphatic carbocycles. The number of urea groups is 2. The molecule has 0 atom stereocenters. The highest BCUT2D eigenvalue weighted by molar-refractivity contribution is 7.90. The summed E-state index contributed by atoms with van der Waals surface area (Å²) in [7, 11) is -3.94. The molecular weight excluding hydrogens is 396 g/mol. The van der Waals surface area contributed by atoms with Crippen molar-refractivity contribution in [1.82, 2.24) is 20.3 Å². The van der Waals surface area contributed by atoms with Crippen molar-refractivity contribution in [2.45, 2.75) is 50.3 Å². The van der Waals surface area contributed by atoms with Crippen LogP contribution in [0.1, 0.15) is 44.6 Å². The van der Waals surface area contributed by atoms with E-state index in [-0.39, 0.29) is 10.8 Å². The zero-order valence-electron chi connectivity index (χ0n) is 16.6. The van der Waals surface area contributed by atoms with Crippen molar-refractivity contribution >= 4 is 28.0 Å². The fourth-order valence-electron chi connectivity index (χ4n) is 2.86. The lowest BCUT2D eigenvalue weighted by atomic mass is 10.1. The van der Waals surface area contributed by atoms with Crippen LogP contribution in [0.25, 0.3) is 0 Å². The first-order chi connectivity index (χ1) is 13.8. The number of amides is 5. The summed E-state index contributed by atoms with van der Waals surface area (Å²) in [4.78, 5) is 36.7. The van der Waals surface area contributed by atoms with E-state index in [0.29, 0.717) is 32.5 Å². The number of hydrogen-bond acceptors (Lipinski definition) is 5. The quantitative estimate of drug-likeness (QED) is 0.548. The van der Waals surface area contributed by atoms with Crippen LogP contribution in [0.4, 0.5) is 9.59 Å². The molecule has 1 aliphatic rings. The lowest BCUT2D eigenvalue weighted by Gasteiger charge is -2.24. The third-order valence-corrected chi connectivity index (χ3v) is 5.88. The summed E-state index contributed by atoms with van der Waals surface area (Å²) in [6, 6.07) is 4.92. The summed E-state index contributed by atoms with van der Waals surface area (Å²) in [6.45, 7) is 3.14. The van der Waals surface area contributed by atoms with Gasteiger partial charge in [0.05, 0.1) is 4.90 Å². The largest absolute Gasteiger partial charge is 0.337 e. The highest BCUT2D eigenvalue weighted by Gasteiger charge is 2.23. The Hall–Kier alpha value is -2.62. The molecule has 9 nitrogen and oxygen atoms in total. The van der Waals surface area contributed by atoms with Crippen molar-refractivity contribution in [3.63, 3.8) is 0 Å². The predicted octanol–water partition coefficient (Wildman–Crippen LogP) is 1.74. The fourth-order valence-corrected chi connectivity index (χ4v) is 3.79. The van der Waals surface area contributed by atoms with E-state index in [4.69, 9.17) is 0 Å². The lowest BCUT2D eigenvalue weighted by Crippen LogP contribution is -2.46. The number of sulfonamides is 1. The number of nitrogens with one attached hydrogen (secondary N) is 3. The summed E-state index contributed by atoms with van der Waals surface area (Å²) in [5.41, 5.74) is 0.821. The molecule has 0 bridgehead atoms. The zero-order chi connectivity index (χ0) is 21.3. The smallest absolute Gasteiger partial charge is 0.328 e. The zero-order valence-corrected chi connectivity index (χ0v) is 17.4. The lowest BCUT2D eigenvalue weighted by molar-refractivity contribution is -0.130. The number of rotatable bonds is 8. The number of nitrogens with zero attached hydrogens (tertiary/aromatic N) is 1. The van der Waals surface area contributed by atoms with Gasteiger partial charge in [0.25, 0.3) is 10.0 Å². The van der Waals surface area contributed by atoms with E-state index in [1.807, 2.05) is 11.6 Å². The average Bonchev–Trinajstić information content (AvgIpc) is 2.68. The molecule has 0 aromatic heterocycles. The van der Waals surface area contributed by atoms with E-state index < -0.39 is 22.1 Å². The number of carbonyl (C=O) groups is 3. The maximum absolute atomic E-state index is 12.2. The molecule has 10 heteroatoms. The van der Waals surface area contributed by atoms with E-state index in [1.165, 1.54) is 17.0 Å². The van der Waals surface area contributed by atoms with Gasteiger partial charge in [-0.05, 0) is 43.4 Å². The van der Waals surface area contributed by atoms with Gasteiger partial charge in [0, 0.05) is 26.1 Å². The summed E-state index contributed by atoms with van der Waals surface area (Å²) in [6.07, 6.45) is 4.17. The Bertz CT molecular complexity index is 824. The van der Waals surface area contributed by atoms with Gasteiger partial charge in [-0.2, -0.15) is 0 Å². The Morgan fingerprint density at radius 2 is 1.79 bits per heavy atom. The first-order valence-electron chi connectivity index (χ1n) is 9.81. The second-order valence-corrected chi connectivity index (χ2v) is 8.53. The molecule has 1 aliphatic heterocycles. The normalized spacial score (nSPS) is 14.4. The number of unbranched alkanes of at least 4 members (excludes halogenated alkanes) is 1. The number of piperidine rings is 1. The van der Waals surface area contributed by atoms with Crippen LogP contribution in [-0.4, -0.2) is 50.9 Å². The predicted molar refractivity (Wildman–Crippen MR) is 108 cm³/mol. The van der Waals surface area contributed by atoms with Gasteiger partial charge in [0.2, 0.25) is 5.91 Å². The molecule has 29 heavy (non-hydrogen) atoms. The van der Waals surface area contributed by atoms with Crippen molar-refractivity contribution in [3.05, 3.63) is 29.8 Å². The molecule has 1 heterocycles. The summed E-state index contributed by atoms with van der Waals surface area (Å²) in [5.74, 6) is -0.158.